The van der Waals surface area contributed by atoms with E-state index in [9.17, 15) is 22.8 Å². The highest BCUT2D eigenvalue weighted by molar-refractivity contribution is 6.09. The molecular formula is C26H28F3N5O3. The molecule has 1 saturated heterocycles. The van der Waals surface area contributed by atoms with Crippen LogP contribution in [0, 0.1) is 5.82 Å². The van der Waals surface area contributed by atoms with E-state index < -0.39 is 29.3 Å². The largest absolute Gasteiger partial charge is 0.444 e. The quantitative estimate of drug-likeness (QED) is 0.443. The maximum atomic E-state index is 14.0. The van der Waals surface area contributed by atoms with Gasteiger partial charge >= 0.3 is 6.09 Å². The number of rotatable bonds is 4. The van der Waals surface area contributed by atoms with E-state index in [1.807, 2.05) is 0 Å². The first-order valence-corrected chi connectivity index (χ1v) is 11.9. The summed E-state index contributed by atoms with van der Waals surface area (Å²) in [4.78, 5) is 35.7. The number of carbonyl (C=O) groups excluding carboxylic acids is 2. The molecule has 3 heterocycles. The van der Waals surface area contributed by atoms with Gasteiger partial charge in [0.15, 0.2) is 0 Å². The molecule has 2 aromatic heterocycles. The topological polar surface area (TPSA) is 96.5 Å². The third kappa shape index (κ3) is 6.87. The molecule has 0 spiro atoms. The van der Waals surface area contributed by atoms with Crippen LogP contribution in [0.1, 0.15) is 50.4 Å². The van der Waals surface area contributed by atoms with Crippen molar-refractivity contribution in [1.29, 1.82) is 0 Å². The van der Waals surface area contributed by atoms with E-state index in [-0.39, 0.29) is 49.6 Å². The highest BCUT2D eigenvalue weighted by Gasteiger charge is 2.33. The summed E-state index contributed by atoms with van der Waals surface area (Å²) in [6.45, 7) is 5.46. The van der Waals surface area contributed by atoms with Gasteiger partial charge in [-0.25, -0.2) is 27.9 Å². The zero-order chi connectivity index (χ0) is 26.8. The zero-order valence-corrected chi connectivity index (χ0v) is 20.8. The second-order valence-electron chi connectivity index (χ2n) is 9.90. The van der Waals surface area contributed by atoms with Gasteiger partial charge < -0.3 is 15.0 Å². The SMILES string of the molecule is CC(C)(C)OC(=O)Nc1cc(NC(=O)c2cc3ccc(F)cc3nc2N2CCCC(F)(F)CC2)ccn1. The zero-order valence-electron chi connectivity index (χ0n) is 20.8. The molecule has 2 amide bonds. The van der Waals surface area contributed by atoms with Crippen molar-refractivity contribution < 1.29 is 27.5 Å². The molecule has 1 aliphatic rings. The predicted molar refractivity (Wildman–Crippen MR) is 135 cm³/mol. The van der Waals surface area contributed by atoms with E-state index in [1.165, 1.54) is 36.5 Å². The summed E-state index contributed by atoms with van der Waals surface area (Å²) in [5, 5.41) is 5.78. The van der Waals surface area contributed by atoms with E-state index in [1.54, 1.807) is 31.7 Å². The molecule has 1 aromatic carbocycles. The lowest BCUT2D eigenvalue weighted by Gasteiger charge is -2.24. The fourth-order valence-corrected chi connectivity index (χ4v) is 4.00. The maximum absolute atomic E-state index is 14.0. The monoisotopic (exact) mass is 515 g/mol. The smallest absolute Gasteiger partial charge is 0.413 e. The van der Waals surface area contributed by atoms with Gasteiger partial charge in [0.05, 0.1) is 11.1 Å². The molecule has 1 aliphatic heterocycles. The number of carbonyl (C=O) groups is 2. The van der Waals surface area contributed by atoms with Gasteiger partial charge in [-0.2, -0.15) is 0 Å². The van der Waals surface area contributed by atoms with Crippen LogP contribution < -0.4 is 15.5 Å². The first kappa shape index (κ1) is 26.2. The van der Waals surface area contributed by atoms with Gasteiger partial charge in [-0.15, -0.1) is 0 Å². The van der Waals surface area contributed by atoms with Crippen LogP contribution in [0.4, 0.5) is 35.3 Å². The standard InChI is InChI=1S/C26H28F3N5O3/c1-25(2,3)37-24(36)33-21-15-18(7-10-30-21)31-23(35)19-13-16-5-6-17(27)14-20(16)32-22(19)34-11-4-8-26(28,29)9-12-34/h5-7,10,13-15H,4,8-9,11-12H2,1-3H3,(H2,30,31,33,35,36). The summed E-state index contributed by atoms with van der Waals surface area (Å²) >= 11 is 0. The molecule has 0 saturated carbocycles. The molecule has 0 aliphatic carbocycles. The fourth-order valence-electron chi connectivity index (χ4n) is 4.00. The average molecular weight is 516 g/mol. The summed E-state index contributed by atoms with van der Waals surface area (Å²) in [6, 6.07) is 8.56. The molecule has 196 valence electrons. The van der Waals surface area contributed by atoms with Gasteiger partial charge in [0, 0.05) is 55.3 Å². The minimum Gasteiger partial charge on any atom is -0.444 e. The number of amides is 2. The highest BCUT2D eigenvalue weighted by atomic mass is 19.3. The number of alkyl halides is 2. The number of hydrogen-bond donors (Lipinski definition) is 2. The van der Waals surface area contributed by atoms with Crippen LogP contribution in [-0.4, -0.2) is 46.6 Å². The number of benzene rings is 1. The Morgan fingerprint density at radius 3 is 2.59 bits per heavy atom. The normalized spacial score (nSPS) is 15.7. The van der Waals surface area contributed by atoms with Crippen molar-refractivity contribution in [3.63, 3.8) is 0 Å². The Labute approximate surface area is 212 Å². The van der Waals surface area contributed by atoms with Crippen molar-refractivity contribution in [2.24, 2.45) is 0 Å². The van der Waals surface area contributed by atoms with Gasteiger partial charge in [0.25, 0.3) is 5.91 Å². The van der Waals surface area contributed by atoms with Crippen LogP contribution in [0.5, 0.6) is 0 Å². The maximum Gasteiger partial charge on any atom is 0.413 e. The van der Waals surface area contributed by atoms with Crippen molar-refractivity contribution in [2.45, 2.75) is 51.6 Å². The number of hydrogen-bond acceptors (Lipinski definition) is 6. The Balaban J connectivity index is 1.62. The van der Waals surface area contributed by atoms with E-state index in [4.69, 9.17) is 4.74 Å². The Kier molecular flexibility index (Phi) is 7.24. The third-order valence-electron chi connectivity index (χ3n) is 5.67. The highest BCUT2D eigenvalue weighted by Crippen LogP contribution is 2.32. The van der Waals surface area contributed by atoms with E-state index in [0.29, 0.717) is 16.6 Å². The molecule has 1 fully saturated rings. The Hall–Kier alpha value is -3.89. The lowest BCUT2D eigenvalue weighted by atomic mass is 10.1. The molecule has 37 heavy (non-hydrogen) atoms. The second kappa shape index (κ2) is 10.2. The average Bonchev–Trinajstić information content (AvgIpc) is 2.97. The molecule has 4 rings (SSSR count). The van der Waals surface area contributed by atoms with Crippen molar-refractivity contribution in [2.75, 3.05) is 28.6 Å². The van der Waals surface area contributed by atoms with Gasteiger partial charge in [-0.1, -0.05) is 0 Å². The molecule has 0 atom stereocenters. The fraction of sp³-hybridized carbons (Fsp3) is 0.385. The van der Waals surface area contributed by atoms with Crippen LogP contribution in [0.2, 0.25) is 0 Å². The summed E-state index contributed by atoms with van der Waals surface area (Å²) in [7, 11) is 0. The lowest BCUT2D eigenvalue weighted by Crippen LogP contribution is -2.29. The molecule has 0 unspecified atom stereocenters. The van der Waals surface area contributed by atoms with Crippen LogP contribution in [-0.2, 0) is 4.74 Å². The van der Waals surface area contributed by atoms with Crippen LogP contribution in [0.25, 0.3) is 10.9 Å². The van der Waals surface area contributed by atoms with Gasteiger partial charge in [0.1, 0.15) is 23.1 Å². The molecule has 8 nitrogen and oxygen atoms in total. The Morgan fingerprint density at radius 1 is 1.05 bits per heavy atom. The molecular weight excluding hydrogens is 487 g/mol. The molecule has 3 aromatic rings. The number of fused-ring (bicyclic) bond motifs is 1. The summed E-state index contributed by atoms with van der Waals surface area (Å²) in [6.07, 6.45) is 0.302. The minimum absolute atomic E-state index is 0.000313. The summed E-state index contributed by atoms with van der Waals surface area (Å²) in [5.41, 5.74) is 0.104. The minimum atomic E-state index is -2.80. The number of anilines is 3. The Morgan fingerprint density at radius 2 is 1.84 bits per heavy atom. The molecule has 2 N–H and O–H groups in total. The molecule has 11 heteroatoms. The van der Waals surface area contributed by atoms with Gasteiger partial charge in [-0.3, -0.25) is 10.1 Å². The number of nitrogens with one attached hydrogen (secondary N) is 2. The van der Waals surface area contributed by atoms with Gasteiger partial charge in [0.2, 0.25) is 5.92 Å². The predicted octanol–water partition coefficient (Wildman–Crippen LogP) is 5.99. The van der Waals surface area contributed by atoms with Crippen LogP contribution in [0.15, 0.2) is 42.6 Å². The number of ether oxygens (including phenoxy) is 1. The van der Waals surface area contributed by atoms with Crippen molar-refractivity contribution in [3.05, 3.63) is 54.0 Å². The van der Waals surface area contributed by atoms with E-state index in [0.717, 1.165) is 0 Å². The number of halogens is 3. The molecule has 0 radical (unpaired) electrons. The summed E-state index contributed by atoms with van der Waals surface area (Å²) < 4.78 is 47.1. The lowest BCUT2D eigenvalue weighted by molar-refractivity contribution is -0.0102. The van der Waals surface area contributed by atoms with E-state index in [2.05, 4.69) is 20.6 Å². The van der Waals surface area contributed by atoms with Gasteiger partial charge in [-0.05, 0) is 51.5 Å². The van der Waals surface area contributed by atoms with E-state index >= 15 is 0 Å². The van der Waals surface area contributed by atoms with Crippen molar-refractivity contribution >= 4 is 40.2 Å². The third-order valence-corrected chi connectivity index (χ3v) is 5.67. The number of pyridine rings is 2. The van der Waals surface area contributed by atoms with Crippen molar-refractivity contribution in [3.8, 4) is 0 Å². The summed E-state index contributed by atoms with van der Waals surface area (Å²) in [5.74, 6) is -3.47. The van der Waals surface area contributed by atoms with Crippen LogP contribution >= 0.6 is 0 Å². The number of aromatic nitrogens is 2. The van der Waals surface area contributed by atoms with Crippen molar-refractivity contribution in [1.82, 2.24) is 9.97 Å². The molecule has 0 bridgehead atoms. The first-order chi connectivity index (χ1) is 17.4. The first-order valence-electron chi connectivity index (χ1n) is 11.9. The number of nitrogens with zero attached hydrogens (tertiary/aromatic N) is 3. The second-order valence-corrected chi connectivity index (χ2v) is 9.90. The van der Waals surface area contributed by atoms with Crippen LogP contribution in [0.3, 0.4) is 0 Å². The Bertz CT molecular complexity index is 1330.